The van der Waals surface area contributed by atoms with Gasteiger partial charge in [0.05, 0.1) is 0 Å². The zero-order valence-corrected chi connectivity index (χ0v) is 13.3. The molecule has 1 aromatic heterocycles. The first kappa shape index (κ1) is 15.8. The van der Waals surface area contributed by atoms with Gasteiger partial charge in [-0.1, -0.05) is 51.1 Å². The molecule has 0 aliphatic rings. The molecule has 2 aromatic rings. The van der Waals surface area contributed by atoms with Gasteiger partial charge in [-0.2, -0.15) is 0 Å². The number of benzene rings is 1. The Labute approximate surface area is 127 Å². The SMILES string of the molecule is CCCn1ccnc1C(O)C(CC)(CC)c1ccccc1. The molecule has 1 unspecified atom stereocenters. The molecule has 1 aromatic carbocycles. The van der Waals surface area contributed by atoms with Crippen LogP contribution < -0.4 is 0 Å². The van der Waals surface area contributed by atoms with Crippen molar-refractivity contribution in [1.29, 1.82) is 0 Å². The predicted octanol–water partition coefficient (Wildman–Crippen LogP) is 4.08. The van der Waals surface area contributed by atoms with Gasteiger partial charge in [0, 0.05) is 24.4 Å². The van der Waals surface area contributed by atoms with Gasteiger partial charge in [0.15, 0.2) is 0 Å². The van der Waals surface area contributed by atoms with Crippen LogP contribution in [0.4, 0.5) is 0 Å². The van der Waals surface area contributed by atoms with Gasteiger partial charge in [-0.25, -0.2) is 4.98 Å². The maximum absolute atomic E-state index is 11.1. The largest absolute Gasteiger partial charge is 0.384 e. The molecule has 1 atom stereocenters. The van der Waals surface area contributed by atoms with Crippen molar-refractivity contribution < 1.29 is 5.11 Å². The summed E-state index contributed by atoms with van der Waals surface area (Å²) in [6.07, 6.45) is 5.96. The fraction of sp³-hybridized carbons (Fsp3) is 0.500. The summed E-state index contributed by atoms with van der Waals surface area (Å²) in [4.78, 5) is 4.44. The molecule has 0 radical (unpaired) electrons. The topological polar surface area (TPSA) is 38.0 Å². The van der Waals surface area contributed by atoms with Crippen LogP contribution in [0, 0.1) is 0 Å². The highest BCUT2D eigenvalue weighted by atomic mass is 16.3. The van der Waals surface area contributed by atoms with Gasteiger partial charge in [0.25, 0.3) is 0 Å². The maximum atomic E-state index is 11.1. The summed E-state index contributed by atoms with van der Waals surface area (Å²) in [5, 5.41) is 11.1. The maximum Gasteiger partial charge on any atom is 0.138 e. The van der Waals surface area contributed by atoms with Crippen molar-refractivity contribution in [2.75, 3.05) is 0 Å². The predicted molar refractivity (Wildman–Crippen MR) is 86.2 cm³/mol. The first-order chi connectivity index (χ1) is 10.2. The van der Waals surface area contributed by atoms with Crippen LogP contribution in [0.25, 0.3) is 0 Å². The molecule has 0 aliphatic carbocycles. The Hall–Kier alpha value is -1.61. The van der Waals surface area contributed by atoms with Crippen molar-refractivity contribution in [3.8, 4) is 0 Å². The van der Waals surface area contributed by atoms with Crippen molar-refractivity contribution >= 4 is 0 Å². The Morgan fingerprint density at radius 2 is 1.81 bits per heavy atom. The van der Waals surface area contributed by atoms with E-state index in [-0.39, 0.29) is 5.41 Å². The highest BCUT2D eigenvalue weighted by Crippen LogP contribution is 2.42. The van der Waals surface area contributed by atoms with Crippen LogP contribution in [0.5, 0.6) is 0 Å². The lowest BCUT2D eigenvalue weighted by atomic mass is 9.71. The van der Waals surface area contributed by atoms with Crippen molar-refractivity contribution in [3.63, 3.8) is 0 Å². The summed E-state index contributed by atoms with van der Waals surface area (Å²) in [5.41, 5.74) is 0.909. The number of aliphatic hydroxyl groups is 1. The quantitative estimate of drug-likeness (QED) is 0.832. The molecule has 0 fully saturated rings. The van der Waals surface area contributed by atoms with Crippen molar-refractivity contribution in [1.82, 2.24) is 9.55 Å². The third kappa shape index (κ3) is 2.88. The van der Waals surface area contributed by atoms with Crippen LogP contribution in [-0.4, -0.2) is 14.7 Å². The number of hydrogen-bond acceptors (Lipinski definition) is 2. The molecule has 3 nitrogen and oxygen atoms in total. The minimum Gasteiger partial charge on any atom is -0.384 e. The molecule has 2 rings (SSSR count). The van der Waals surface area contributed by atoms with Gasteiger partial charge in [-0.15, -0.1) is 0 Å². The molecule has 0 saturated carbocycles. The van der Waals surface area contributed by atoms with E-state index < -0.39 is 6.10 Å². The van der Waals surface area contributed by atoms with Crippen LogP contribution in [0.1, 0.15) is 57.5 Å². The molecule has 0 spiro atoms. The number of aromatic nitrogens is 2. The molecule has 0 amide bonds. The summed E-state index contributed by atoms with van der Waals surface area (Å²) < 4.78 is 2.08. The third-order valence-corrected chi connectivity index (χ3v) is 4.59. The minimum atomic E-state index is -0.587. The highest BCUT2D eigenvalue weighted by molar-refractivity contribution is 5.28. The van der Waals surface area contributed by atoms with Gasteiger partial charge in [-0.3, -0.25) is 0 Å². The molecule has 1 N–H and O–H groups in total. The van der Waals surface area contributed by atoms with Crippen LogP contribution in [0.3, 0.4) is 0 Å². The second kappa shape index (κ2) is 6.90. The lowest BCUT2D eigenvalue weighted by Gasteiger charge is -2.37. The number of aliphatic hydroxyl groups excluding tert-OH is 1. The Morgan fingerprint density at radius 3 is 2.38 bits per heavy atom. The molecule has 0 bridgehead atoms. The lowest BCUT2D eigenvalue weighted by molar-refractivity contribution is 0.0617. The summed E-state index contributed by atoms with van der Waals surface area (Å²) in [5.74, 6) is 0.782. The lowest BCUT2D eigenvalue weighted by Crippen LogP contribution is -2.34. The Balaban J connectivity index is 2.44. The average Bonchev–Trinajstić information content (AvgIpc) is 2.98. The van der Waals surface area contributed by atoms with E-state index in [1.807, 2.05) is 24.4 Å². The molecule has 0 saturated heterocycles. The summed E-state index contributed by atoms with van der Waals surface area (Å²) >= 11 is 0. The van der Waals surface area contributed by atoms with E-state index in [0.717, 1.165) is 31.6 Å². The van der Waals surface area contributed by atoms with Crippen LogP contribution in [0.15, 0.2) is 42.7 Å². The van der Waals surface area contributed by atoms with Gasteiger partial charge in [-0.05, 0) is 24.8 Å². The highest BCUT2D eigenvalue weighted by Gasteiger charge is 2.39. The van der Waals surface area contributed by atoms with Crippen molar-refractivity contribution in [2.45, 2.75) is 58.1 Å². The van der Waals surface area contributed by atoms with E-state index in [1.165, 1.54) is 5.56 Å². The standard InChI is InChI=1S/C18H26N2O/c1-4-13-20-14-12-19-17(20)16(21)18(5-2,6-3)15-10-8-7-9-11-15/h7-12,14,16,21H,4-6,13H2,1-3H3. The minimum absolute atomic E-state index is 0.280. The molecular weight excluding hydrogens is 260 g/mol. The van der Waals surface area contributed by atoms with E-state index in [4.69, 9.17) is 0 Å². The zero-order chi connectivity index (χ0) is 15.3. The fourth-order valence-electron chi connectivity index (χ4n) is 3.22. The van der Waals surface area contributed by atoms with Crippen LogP contribution in [-0.2, 0) is 12.0 Å². The number of hydrogen-bond donors (Lipinski definition) is 1. The van der Waals surface area contributed by atoms with E-state index >= 15 is 0 Å². The second-order valence-corrected chi connectivity index (χ2v) is 5.61. The molecule has 21 heavy (non-hydrogen) atoms. The number of imidazole rings is 1. The van der Waals surface area contributed by atoms with Crippen molar-refractivity contribution in [2.24, 2.45) is 0 Å². The summed E-state index contributed by atoms with van der Waals surface area (Å²) in [6, 6.07) is 10.3. The summed E-state index contributed by atoms with van der Waals surface area (Å²) in [6.45, 7) is 7.32. The first-order valence-electron chi connectivity index (χ1n) is 7.94. The van der Waals surface area contributed by atoms with Gasteiger partial charge >= 0.3 is 0 Å². The molecule has 3 heteroatoms. The van der Waals surface area contributed by atoms with E-state index in [9.17, 15) is 5.11 Å². The summed E-state index contributed by atoms with van der Waals surface area (Å²) in [7, 11) is 0. The number of rotatable bonds is 7. The average molecular weight is 286 g/mol. The van der Waals surface area contributed by atoms with E-state index in [0.29, 0.717) is 0 Å². The number of aryl methyl sites for hydroxylation is 1. The van der Waals surface area contributed by atoms with Gasteiger partial charge in [0.2, 0.25) is 0 Å². The van der Waals surface area contributed by atoms with E-state index in [2.05, 4.69) is 42.5 Å². The Bertz CT molecular complexity index is 543. The molecule has 114 valence electrons. The Kier molecular flexibility index (Phi) is 5.18. The normalized spacial score (nSPS) is 13.3. The van der Waals surface area contributed by atoms with Gasteiger partial charge in [0.1, 0.15) is 11.9 Å². The molecular formula is C18H26N2O. The first-order valence-corrected chi connectivity index (χ1v) is 7.94. The fourth-order valence-corrected chi connectivity index (χ4v) is 3.22. The van der Waals surface area contributed by atoms with E-state index in [1.54, 1.807) is 6.20 Å². The van der Waals surface area contributed by atoms with Crippen LogP contribution >= 0.6 is 0 Å². The van der Waals surface area contributed by atoms with Gasteiger partial charge < -0.3 is 9.67 Å². The van der Waals surface area contributed by atoms with Crippen LogP contribution in [0.2, 0.25) is 0 Å². The Morgan fingerprint density at radius 1 is 1.14 bits per heavy atom. The number of nitrogens with zero attached hydrogens (tertiary/aromatic N) is 2. The smallest absolute Gasteiger partial charge is 0.138 e. The zero-order valence-electron chi connectivity index (χ0n) is 13.3. The monoisotopic (exact) mass is 286 g/mol. The molecule has 1 heterocycles. The molecule has 0 aliphatic heterocycles. The van der Waals surface area contributed by atoms with Crippen molar-refractivity contribution in [3.05, 3.63) is 54.1 Å². The third-order valence-electron chi connectivity index (χ3n) is 4.59. The second-order valence-electron chi connectivity index (χ2n) is 5.61.